The minimum absolute atomic E-state index is 0.157. The van der Waals surface area contributed by atoms with Crippen LogP contribution >= 0.6 is 11.3 Å². The monoisotopic (exact) mass is 402 g/mol. The van der Waals surface area contributed by atoms with Crippen molar-refractivity contribution in [3.8, 4) is 10.4 Å². The Kier molecular flexibility index (Phi) is 5.76. The number of amides is 1. The molecule has 3 heterocycles. The molecule has 0 radical (unpaired) electrons. The zero-order valence-electron chi connectivity index (χ0n) is 15.7. The van der Waals surface area contributed by atoms with E-state index in [1.54, 1.807) is 17.6 Å². The van der Waals surface area contributed by atoms with E-state index in [2.05, 4.69) is 9.80 Å². The highest BCUT2D eigenvalue weighted by molar-refractivity contribution is 7.86. The van der Waals surface area contributed by atoms with Crippen LogP contribution in [-0.2, 0) is 10.8 Å². The third kappa shape index (κ3) is 4.18. The highest BCUT2D eigenvalue weighted by atomic mass is 32.2. The van der Waals surface area contributed by atoms with Crippen LogP contribution in [0.1, 0.15) is 36.0 Å². The van der Waals surface area contributed by atoms with Gasteiger partial charge in [-0.2, -0.15) is 0 Å². The Morgan fingerprint density at radius 3 is 2.48 bits per heavy atom. The fraction of sp³-hybridized carbons (Fsp3) is 0.476. The zero-order chi connectivity index (χ0) is 18.8. The molecule has 2 fully saturated rings. The van der Waals surface area contributed by atoms with Gasteiger partial charge in [-0.1, -0.05) is 12.1 Å². The molecule has 4 rings (SSSR count). The molecule has 0 N–H and O–H groups in total. The summed E-state index contributed by atoms with van der Waals surface area (Å²) in [7, 11) is -0.948. The highest BCUT2D eigenvalue weighted by Gasteiger charge is 2.31. The molecule has 1 aromatic heterocycles. The summed E-state index contributed by atoms with van der Waals surface area (Å²) in [6, 6.07) is 12.2. The average molecular weight is 403 g/mol. The lowest BCUT2D eigenvalue weighted by atomic mass is 10.1. The Morgan fingerprint density at radius 2 is 1.81 bits per heavy atom. The molecular formula is C21H26N2O2S2. The Hall–Kier alpha value is -1.50. The van der Waals surface area contributed by atoms with Gasteiger partial charge in [0, 0.05) is 35.8 Å². The predicted octanol–water partition coefficient (Wildman–Crippen LogP) is 3.85. The molecule has 1 amide bonds. The van der Waals surface area contributed by atoms with Crippen LogP contribution in [0.15, 0.2) is 40.6 Å². The molecule has 0 spiro atoms. The van der Waals surface area contributed by atoms with Crippen LogP contribution in [0.3, 0.4) is 0 Å². The van der Waals surface area contributed by atoms with E-state index in [9.17, 15) is 9.00 Å². The van der Waals surface area contributed by atoms with E-state index in [1.807, 2.05) is 36.4 Å². The number of likely N-dealkylation sites (tertiary alicyclic amines) is 2. The van der Waals surface area contributed by atoms with E-state index < -0.39 is 10.8 Å². The molecule has 27 heavy (non-hydrogen) atoms. The Balaban J connectivity index is 1.45. The Morgan fingerprint density at radius 1 is 1.07 bits per heavy atom. The molecule has 2 saturated heterocycles. The zero-order valence-corrected chi connectivity index (χ0v) is 17.4. The van der Waals surface area contributed by atoms with Gasteiger partial charge in [-0.05, 0) is 68.6 Å². The minimum Gasteiger partial charge on any atom is -0.334 e. The number of benzene rings is 1. The maximum absolute atomic E-state index is 13.0. The molecule has 0 bridgehead atoms. The first-order chi connectivity index (χ1) is 13.1. The summed E-state index contributed by atoms with van der Waals surface area (Å²) in [6.07, 6.45) is 6.50. The number of carbonyl (C=O) groups is 1. The molecule has 2 aliphatic rings. The van der Waals surface area contributed by atoms with Gasteiger partial charge in [-0.25, -0.2) is 0 Å². The molecule has 144 valence electrons. The third-order valence-corrected chi connectivity index (χ3v) is 8.17. The maximum atomic E-state index is 13.0. The number of thiophene rings is 1. The minimum atomic E-state index is -0.948. The van der Waals surface area contributed by atoms with Gasteiger partial charge in [0.05, 0.1) is 15.0 Å². The first-order valence-electron chi connectivity index (χ1n) is 9.69. The normalized spacial score (nSPS) is 21.7. The lowest BCUT2D eigenvalue weighted by molar-refractivity contribution is 0.0709. The van der Waals surface area contributed by atoms with Gasteiger partial charge in [0.2, 0.25) is 0 Å². The van der Waals surface area contributed by atoms with Crippen LogP contribution < -0.4 is 0 Å². The second kappa shape index (κ2) is 8.25. The molecule has 1 aromatic carbocycles. The van der Waals surface area contributed by atoms with Crippen molar-refractivity contribution in [3.05, 3.63) is 42.0 Å². The van der Waals surface area contributed by atoms with Crippen LogP contribution in [0.2, 0.25) is 0 Å². The van der Waals surface area contributed by atoms with Crippen molar-refractivity contribution < 1.29 is 9.00 Å². The van der Waals surface area contributed by atoms with Crippen molar-refractivity contribution in [2.75, 3.05) is 32.4 Å². The van der Waals surface area contributed by atoms with Crippen molar-refractivity contribution in [1.82, 2.24) is 9.80 Å². The standard InChI is InChI=1S/C21H26N2O2S2/c1-27(25)20-11-10-19(26-20)16-6-8-17(9-7-16)21(24)23-14-4-5-18(23)15-22-12-2-3-13-22/h6-11,18H,2-5,12-15H2,1H3. The quantitative estimate of drug-likeness (QED) is 0.763. The van der Waals surface area contributed by atoms with Crippen LogP contribution in [0.4, 0.5) is 0 Å². The van der Waals surface area contributed by atoms with Gasteiger partial charge in [-0.3, -0.25) is 9.00 Å². The number of carbonyl (C=O) groups excluding carboxylic acids is 1. The second-order valence-corrected chi connectivity index (χ2v) is 10.1. The number of hydrogen-bond acceptors (Lipinski definition) is 4. The summed E-state index contributed by atoms with van der Waals surface area (Å²) in [5, 5.41) is 0. The van der Waals surface area contributed by atoms with Gasteiger partial charge >= 0.3 is 0 Å². The maximum Gasteiger partial charge on any atom is 0.254 e. The van der Waals surface area contributed by atoms with Crippen molar-refractivity contribution in [1.29, 1.82) is 0 Å². The number of nitrogens with zero attached hydrogens (tertiary/aromatic N) is 2. The fourth-order valence-corrected chi connectivity index (χ4v) is 5.87. The van der Waals surface area contributed by atoms with Crippen LogP contribution in [0.5, 0.6) is 0 Å². The summed E-state index contributed by atoms with van der Waals surface area (Å²) >= 11 is 1.55. The van der Waals surface area contributed by atoms with Gasteiger partial charge in [0.15, 0.2) is 0 Å². The van der Waals surface area contributed by atoms with Gasteiger partial charge in [-0.15, -0.1) is 11.3 Å². The largest absolute Gasteiger partial charge is 0.334 e. The van der Waals surface area contributed by atoms with Gasteiger partial charge in [0.25, 0.3) is 5.91 Å². The molecular weight excluding hydrogens is 376 g/mol. The molecule has 2 aromatic rings. The van der Waals surface area contributed by atoms with Crippen LogP contribution in [0.25, 0.3) is 10.4 Å². The van der Waals surface area contributed by atoms with Crippen molar-refractivity contribution in [2.24, 2.45) is 0 Å². The fourth-order valence-electron chi connectivity index (χ4n) is 4.13. The lowest BCUT2D eigenvalue weighted by Gasteiger charge is -2.28. The van der Waals surface area contributed by atoms with E-state index in [1.165, 1.54) is 25.9 Å². The molecule has 6 heteroatoms. The second-order valence-electron chi connectivity index (χ2n) is 7.45. The summed E-state index contributed by atoms with van der Waals surface area (Å²) in [5.74, 6) is 0.157. The summed E-state index contributed by atoms with van der Waals surface area (Å²) in [6.45, 7) is 4.25. The Labute approximate surface area is 167 Å². The molecule has 4 nitrogen and oxygen atoms in total. The number of rotatable bonds is 5. The van der Waals surface area contributed by atoms with E-state index in [0.717, 1.165) is 46.1 Å². The third-order valence-electron chi connectivity index (χ3n) is 5.59. The van der Waals surface area contributed by atoms with E-state index in [-0.39, 0.29) is 5.91 Å². The van der Waals surface area contributed by atoms with Gasteiger partial charge in [0.1, 0.15) is 0 Å². The van der Waals surface area contributed by atoms with E-state index >= 15 is 0 Å². The van der Waals surface area contributed by atoms with Gasteiger partial charge < -0.3 is 9.80 Å². The summed E-state index contributed by atoms with van der Waals surface area (Å²) < 4.78 is 12.5. The average Bonchev–Trinajstić information content (AvgIpc) is 3.43. The lowest BCUT2D eigenvalue weighted by Crippen LogP contribution is -2.42. The smallest absolute Gasteiger partial charge is 0.254 e. The SMILES string of the molecule is CS(=O)c1ccc(-c2ccc(C(=O)N3CCCC3CN3CCCC3)cc2)s1. The summed E-state index contributed by atoms with van der Waals surface area (Å²) in [5.41, 5.74) is 1.84. The molecule has 2 atom stereocenters. The van der Waals surface area contributed by atoms with Crippen molar-refractivity contribution >= 4 is 28.0 Å². The molecule has 2 unspecified atom stereocenters. The van der Waals surface area contributed by atoms with Crippen LogP contribution in [0, 0.1) is 0 Å². The molecule has 0 aliphatic carbocycles. The molecule has 2 aliphatic heterocycles. The predicted molar refractivity (Wildman–Crippen MR) is 112 cm³/mol. The highest BCUT2D eigenvalue weighted by Crippen LogP contribution is 2.30. The first kappa shape index (κ1) is 18.8. The first-order valence-corrected chi connectivity index (χ1v) is 12.1. The summed E-state index contributed by atoms with van der Waals surface area (Å²) in [4.78, 5) is 18.7. The topological polar surface area (TPSA) is 40.6 Å². The molecule has 0 saturated carbocycles. The number of hydrogen-bond donors (Lipinski definition) is 0. The van der Waals surface area contributed by atoms with Crippen molar-refractivity contribution in [2.45, 2.75) is 35.9 Å². The van der Waals surface area contributed by atoms with Crippen LogP contribution in [-0.4, -0.2) is 58.4 Å². The Bertz CT molecular complexity index is 825. The van der Waals surface area contributed by atoms with Crippen molar-refractivity contribution in [3.63, 3.8) is 0 Å². The van der Waals surface area contributed by atoms with E-state index in [0.29, 0.717) is 6.04 Å². The van der Waals surface area contributed by atoms with E-state index in [4.69, 9.17) is 0 Å².